The average molecular weight is 450 g/mol. The van der Waals surface area contributed by atoms with Crippen molar-refractivity contribution in [3.05, 3.63) is 48.0 Å². The summed E-state index contributed by atoms with van der Waals surface area (Å²) in [7, 11) is 0. The van der Waals surface area contributed by atoms with Crippen LogP contribution >= 0.6 is 0 Å². The molecule has 1 aromatic rings. The Bertz CT molecular complexity index is 1020. The Morgan fingerprint density at radius 2 is 1.67 bits per heavy atom. The zero-order valence-electron chi connectivity index (χ0n) is 19.0. The van der Waals surface area contributed by atoms with Crippen molar-refractivity contribution in [3.8, 4) is 0 Å². The third-order valence-corrected chi connectivity index (χ3v) is 8.15. The normalized spacial score (nSPS) is 36.9. The van der Waals surface area contributed by atoms with Gasteiger partial charge in [-0.3, -0.25) is 14.4 Å². The van der Waals surface area contributed by atoms with E-state index >= 15 is 0 Å². The molecule has 7 heteroatoms. The van der Waals surface area contributed by atoms with Crippen molar-refractivity contribution in [3.63, 3.8) is 0 Å². The highest BCUT2D eigenvalue weighted by atomic mass is 16.5. The topological polar surface area (TPSA) is 87.7 Å². The molecule has 174 valence electrons. The summed E-state index contributed by atoms with van der Waals surface area (Å²) in [6, 6.07) is 9.23. The van der Waals surface area contributed by atoms with Crippen LogP contribution in [0.15, 0.2) is 42.5 Å². The van der Waals surface area contributed by atoms with Crippen LogP contribution in [0.3, 0.4) is 0 Å². The minimum absolute atomic E-state index is 0.133. The number of rotatable bonds is 6. The van der Waals surface area contributed by atoms with Crippen LogP contribution in [0.4, 0.5) is 0 Å². The Kier molecular flexibility index (Phi) is 4.70. The smallest absolute Gasteiger partial charge is 0.246 e. The Morgan fingerprint density at radius 1 is 1.00 bits per heavy atom. The number of ether oxygens (including phenoxy) is 1. The molecule has 2 bridgehead atoms. The van der Waals surface area contributed by atoms with Gasteiger partial charge in [0.15, 0.2) is 0 Å². The van der Waals surface area contributed by atoms with Gasteiger partial charge in [-0.05, 0) is 38.2 Å². The van der Waals surface area contributed by atoms with Gasteiger partial charge >= 0.3 is 0 Å². The maximum Gasteiger partial charge on any atom is 0.246 e. The molecule has 1 spiro atoms. The summed E-state index contributed by atoms with van der Waals surface area (Å²) in [6.45, 7) is 2.18. The van der Waals surface area contributed by atoms with Gasteiger partial charge in [-0.15, -0.1) is 0 Å². The van der Waals surface area contributed by atoms with Crippen LogP contribution in [0.25, 0.3) is 0 Å². The second-order valence-electron chi connectivity index (χ2n) is 10.6. The second kappa shape index (κ2) is 7.42. The predicted molar refractivity (Wildman–Crippen MR) is 121 cm³/mol. The van der Waals surface area contributed by atoms with E-state index in [1.807, 2.05) is 49.4 Å². The van der Waals surface area contributed by atoms with Crippen LogP contribution in [-0.2, 0) is 25.7 Å². The molecule has 33 heavy (non-hydrogen) atoms. The van der Waals surface area contributed by atoms with Gasteiger partial charge < -0.3 is 20.3 Å². The summed E-state index contributed by atoms with van der Waals surface area (Å²) < 4.78 is 6.55. The first kappa shape index (κ1) is 20.9. The van der Waals surface area contributed by atoms with Crippen molar-refractivity contribution in [1.82, 2.24) is 15.5 Å². The number of amides is 3. The molecule has 1 aromatic carbocycles. The molecule has 7 nitrogen and oxygen atoms in total. The summed E-state index contributed by atoms with van der Waals surface area (Å²) >= 11 is 0. The summed E-state index contributed by atoms with van der Waals surface area (Å²) in [5.74, 6) is -1.83. The standard InChI is InChI=1S/C26H31N3O4/c1-25-13-14-26(33-25)20(19(25)22(30)27-18-11-12-18)24(32)29(15-16-7-3-2-4-8-16)21(26)23(31)28-17-9-5-6-10-17/h2-4,7-8,13-14,17-21H,5-6,9-12,15H2,1H3,(H,27,30)(H,28,31)/t19-,20-,21+,25-,26+/m0/s1. The monoisotopic (exact) mass is 449 g/mol. The van der Waals surface area contributed by atoms with Gasteiger partial charge in [0.05, 0.1) is 17.4 Å². The summed E-state index contributed by atoms with van der Waals surface area (Å²) in [4.78, 5) is 42.6. The van der Waals surface area contributed by atoms with E-state index in [1.165, 1.54) is 0 Å². The zero-order chi connectivity index (χ0) is 22.8. The molecule has 2 saturated heterocycles. The number of hydrogen-bond acceptors (Lipinski definition) is 4. The van der Waals surface area contributed by atoms with Crippen LogP contribution in [0.5, 0.6) is 0 Å². The van der Waals surface area contributed by atoms with E-state index in [9.17, 15) is 14.4 Å². The Hall–Kier alpha value is -2.67. The molecular formula is C26H31N3O4. The number of likely N-dealkylation sites (tertiary alicyclic amines) is 1. The van der Waals surface area contributed by atoms with E-state index < -0.39 is 29.1 Å². The lowest BCUT2D eigenvalue weighted by molar-refractivity contribution is -0.145. The lowest BCUT2D eigenvalue weighted by atomic mass is 9.70. The molecule has 3 amide bonds. The van der Waals surface area contributed by atoms with E-state index in [1.54, 1.807) is 4.90 Å². The zero-order valence-corrected chi connectivity index (χ0v) is 19.0. The summed E-state index contributed by atoms with van der Waals surface area (Å²) in [5.41, 5.74) is -1.05. The molecule has 3 aliphatic heterocycles. The molecular weight excluding hydrogens is 418 g/mol. The highest BCUT2D eigenvalue weighted by molar-refractivity contribution is 6.00. The third-order valence-electron chi connectivity index (χ3n) is 8.15. The minimum Gasteiger partial charge on any atom is -0.356 e. The fourth-order valence-electron chi connectivity index (χ4n) is 6.45. The molecule has 4 fully saturated rings. The maximum absolute atomic E-state index is 13.9. The third kappa shape index (κ3) is 3.23. The molecule has 3 heterocycles. The van der Waals surface area contributed by atoms with E-state index in [-0.39, 0.29) is 29.8 Å². The molecule has 0 aromatic heterocycles. The lowest BCUT2D eigenvalue weighted by Gasteiger charge is -2.33. The van der Waals surface area contributed by atoms with Crippen molar-refractivity contribution in [2.24, 2.45) is 11.8 Å². The van der Waals surface area contributed by atoms with E-state index in [2.05, 4.69) is 10.6 Å². The average Bonchev–Trinajstić information content (AvgIpc) is 3.13. The lowest BCUT2D eigenvalue weighted by Crippen LogP contribution is -2.56. The van der Waals surface area contributed by atoms with Crippen molar-refractivity contribution < 1.29 is 19.1 Å². The fourth-order valence-corrected chi connectivity index (χ4v) is 6.45. The molecule has 2 N–H and O–H groups in total. The Labute approximate surface area is 193 Å². The molecule has 5 aliphatic rings. The molecule has 0 radical (unpaired) electrons. The Balaban J connectivity index is 1.37. The quantitative estimate of drug-likeness (QED) is 0.651. The first-order valence-corrected chi connectivity index (χ1v) is 12.3. The predicted octanol–water partition coefficient (Wildman–Crippen LogP) is 2.06. The SMILES string of the molecule is C[C@@]12C=C[C@@]3(O1)[C@H](C(=O)N(Cc1ccccc1)[C@@H]3C(=O)NC1CCCC1)[C@H]2C(=O)NC1CC1. The van der Waals surface area contributed by atoms with Gasteiger partial charge in [-0.2, -0.15) is 0 Å². The second-order valence-corrected chi connectivity index (χ2v) is 10.6. The maximum atomic E-state index is 13.9. The van der Waals surface area contributed by atoms with Gasteiger partial charge in [-0.25, -0.2) is 0 Å². The molecule has 6 rings (SSSR count). The summed E-state index contributed by atoms with van der Waals surface area (Å²) in [5, 5.41) is 6.28. The van der Waals surface area contributed by atoms with Crippen molar-refractivity contribution in [2.45, 2.75) is 81.3 Å². The van der Waals surface area contributed by atoms with Crippen LogP contribution in [0, 0.1) is 11.8 Å². The molecule has 0 unspecified atom stereocenters. The van der Waals surface area contributed by atoms with Gasteiger partial charge in [0.1, 0.15) is 11.6 Å². The summed E-state index contributed by atoms with van der Waals surface area (Å²) in [6.07, 6.45) is 9.87. The number of fused-ring (bicyclic) bond motifs is 1. The van der Waals surface area contributed by atoms with Crippen LogP contribution < -0.4 is 10.6 Å². The Morgan fingerprint density at radius 3 is 2.36 bits per heavy atom. The van der Waals surface area contributed by atoms with Gasteiger partial charge in [-0.1, -0.05) is 55.3 Å². The van der Waals surface area contributed by atoms with E-state index in [0.717, 1.165) is 44.1 Å². The number of carbonyl (C=O) groups is 3. The van der Waals surface area contributed by atoms with Gasteiger partial charge in [0.2, 0.25) is 17.7 Å². The van der Waals surface area contributed by atoms with E-state index in [0.29, 0.717) is 6.54 Å². The van der Waals surface area contributed by atoms with Crippen LogP contribution in [-0.4, -0.2) is 51.9 Å². The van der Waals surface area contributed by atoms with Gasteiger partial charge in [0.25, 0.3) is 0 Å². The number of nitrogens with one attached hydrogen (secondary N) is 2. The van der Waals surface area contributed by atoms with E-state index in [4.69, 9.17) is 4.74 Å². The highest BCUT2D eigenvalue weighted by Crippen LogP contribution is 2.60. The first-order valence-electron chi connectivity index (χ1n) is 12.3. The van der Waals surface area contributed by atoms with Crippen molar-refractivity contribution in [2.75, 3.05) is 0 Å². The van der Waals surface area contributed by atoms with Crippen molar-refractivity contribution >= 4 is 17.7 Å². The van der Waals surface area contributed by atoms with Crippen LogP contribution in [0.2, 0.25) is 0 Å². The minimum atomic E-state index is -1.12. The van der Waals surface area contributed by atoms with Gasteiger partial charge in [0, 0.05) is 18.6 Å². The van der Waals surface area contributed by atoms with Crippen LogP contribution in [0.1, 0.15) is 51.0 Å². The fraction of sp³-hybridized carbons (Fsp3) is 0.577. The number of carbonyl (C=O) groups excluding carboxylic acids is 3. The number of hydrogen-bond donors (Lipinski definition) is 2. The molecule has 2 saturated carbocycles. The van der Waals surface area contributed by atoms with Crippen molar-refractivity contribution in [1.29, 1.82) is 0 Å². The number of nitrogens with zero attached hydrogens (tertiary/aromatic N) is 1. The number of benzene rings is 1. The highest BCUT2D eigenvalue weighted by Gasteiger charge is 2.76. The first-order chi connectivity index (χ1) is 15.9. The molecule has 5 atom stereocenters. The largest absolute Gasteiger partial charge is 0.356 e. The molecule has 2 aliphatic carbocycles.